The average Bonchev–Trinajstić information content (AvgIpc) is 2.71. The van der Waals surface area contributed by atoms with Crippen molar-refractivity contribution in [2.45, 2.75) is 18.4 Å². The van der Waals surface area contributed by atoms with Crippen LogP contribution in [0.25, 0.3) is 0 Å². The fraction of sp³-hybridized carbons (Fsp3) is 0.500. The van der Waals surface area contributed by atoms with E-state index < -0.39 is 0 Å². The third-order valence-electron chi connectivity index (χ3n) is 3.86. The largest absolute Gasteiger partial charge is 0.379 e. The Morgan fingerprint density at radius 1 is 1.24 bits per heavy atom. The van der Waals surface area contributed by atoms with Gasteiger partial charge in [0.05, 0.1) is 13.2 Å². The van der Waals surface area contributed by atoms with Crippen LogP contribution in [0.4, 0.5) is 0 Å². The van der Waals surface area contributed by atoms with Crippen LogP contribution in [0, 0.1) is 5.92 Å². The number of carbonyl (C=O) groups is 1. The van der Waals surface area contributed by atoms with E-state index in [2.05, 4.69) is 17.4 Å². The molecular formula is C14H17NO2. The van der Waals surface area contributed by atoms with Gasteiger partial charge in [-0.1, -0.05) is 30.3 Å². The van der Waals surface area contributed by atoms with Gasteiger partial charge in [-0.2, -0.15) is 0 Å². The second kappa shape index (κ2) is 4.59. The lowest BCUT2D eigenvalue weighted by Gasteiger charge is -2.20. The van der Waals surface area contributed by atoms with E-state index in [0.29, 0.717) is 31.3 Å². The maximum Gasteiger partial charge on any atom is 0.140 e. The lowest BCUT2D eigenvalue weighted by atomic mass is 9.82. The van der Waals surface area contributed by atoms with Crippen molar-refractivity contribution in [1.82, 2.24) is 5.32 Å². The van der Waals surface area contributed by atoms with Crippen LogP contribution in [0.3, 0.4) is 0 Å². The van der Waals surface area contributed by atoms with Crippen LogP contribution >= 0.6 is 0 Å². The summed E-state index contributed by atoms with van der Waals surface area (Å²) in [5.74, 6) is 0.765. The molecule has 2 aliphatic rings. The van der Waals surface area contributed by atoms with Crippen molar-refractivity contribution in [2.75, 3.05) is 19.8 Å². The van der Waals surface area contributed by atoms with E-state index in [-0.39, 0.29) is 12.0 Å². The summed E-state index contributed by atoms with van der Waals surface area (Å²) in [4.78, 5) is 12.2. The normalized spacial score (nSPS) is 33.2. The van der Waals surface area contributed by atoms with Crippen LogP contribution in [0.15, 0.2) is 30.3 Å². The number of ether oxygens (including phenoxy) is 1. The highest BCUT2D eigenvalue weighted by Gasteiger charge is 2.42. The quantitative estimate of drug-likeness (QED) is 0.793. The molecule has 1 aromatic carbocycles. The van der Waals surface area contributed by atoms with Gasteiger partial charge in [-0.25, -0.2) is 0 Å². The Morgan fingerprint density at radius 2 is 2.06 bits per heavy atom. The van der Waals surface area contributed by atoms with Crippen molar-refractivity contribution in [3.8, 4) is 0 Å². The first-order valence-electron chi connectivity index (χ1n) is 6.25. The van der Waals surface area contributed by atoms with Gasteiger partial charge in [0.15, 0.2) is 0 Å². The number of Topliss-reactive ketones (excluding diaryl/α,β-unsaturated/α-hetero) is 1. The molecule has 0 unspecified atom stereocenters. The molecule has 90 valence electrons. The second-order valence-corrected chi connectivity index (χ2v) is 4.85. The Labute approximate surface area is 101 Å². The third kappa shape index (κ3) is 2.01. The minimum atomic E-state index is 0.0971. The summed E-state index contributed by atoms with van der Waals surface area (Å²) in [6.45, 7) is 2.13. The topological polar surface area (TPSA) is 38.3 Å². The zero-order chi connectivity index (χ0) is 11.7. The van der Waals surface area contributed by atoms with E-state index in [0.717, 1.165) is 6.54 Å². The standard InChI is InChI=1S/C14H17NO2/c16-13-6-7-17-9-12-14(13)11(8-15-12)10-4-2-1-3-5-10/h1-5,11-12,14-15H,6-9H2/t11-,12-,14-/m0/s1. The molecule has 0 saturated carbocycles. The first-order chi connectivity index (χ1) is 8.36. The Bertz CT molecular complexity index is 404. The maximum absolute atomic E-state index is 12.2. The predicted molar refractivity (Wildman–Crippen MR) is 64.9 cm³/mol. The highest BCUT2D eigenvalue weighted by atomic mass is 16.5. The van der Waals surface area contributed by atoms with Crippen LogP contribution in [0.1, 0.15) is 17.9 Å². The lowest BCUT2D eigenvalue weighted by Crippen LogP contribution is -2.34. The number of fused-ring (bicyclic) bond motifs is 1. The molecule has 1 aromatic rings. The summed E-state index contributed by atoms with van der Waals surface area (Å²) in [5, 5.41) is 3.43. The SMILES string of the molecule is O=C1CCOC[C@@H]2NC[C@@H](c3ccccc3)[C@H]12. The number of ketones is 1. The summed E-state index contributed by atoms with van der Waals surface area (Å²) < 4.78 is 5.48. The molecule has 0 aliphatic carbocycles. The smallest absolute Gasteiger partial charge is 0.140 e. The highest BCUT2D eigenvalue weighted by molar-refractivity contribution is 5.83. The predicted octanol–water partition coefficient (Wildman–Crippen LogP) is 1.35. The molecule has 2 fully saturated rings. The Hall–Kier alpha value is -1.19. The van der Waals surface area contributed by atoms with Gasteiger partial charge < -0.3 is 10.1 Å². The number of benzene rings is 1. The van der Waals surface area contributed by atoms with E-state index in [1.54, 1.807) is 0 Å². The molecule has 3 heteroatoms. The Balaban J connectivity index is 1.89. The number of rotatable bonds is 1. The number of hydrogen-bond donors (Lipinski definition) is 1. The number of carbonyl (C=O) groups excluding carboxylic acids is 1. The number of nitrogens with one attached hydrogen (secondary N) is 1. The van der Waals surface area contributed by atoms with Crippen LogP contribution in [0.2, 0.25) is 0 Å². The van der Waals surface area contributed by atoms with Gasteiger partial charge in [0, 0.05) is 30.8 Å². The van der Waals surface area contributed by atoms with Gasteiger partial charge in [0.25, 0.3) is 0 Å². The highest BCUT2D eigenvalue weighted by Crippen LogP contribution is 2.34. The van der Waals surface area contributed by atoms with Gasteiger partial charge in [0.2, 0.25) is 0 Å². The van der Waals surface area contributed by atoms with Crippen LogP contribution < -0.4 is 5.32 Å². The van der Waals surface area contributed by atoms with E-state index in [9.17, 15) is 4.79 Å². The fourth-order valence-corrected chi connectivity index (χ4v) is 3.00. The molecule has 0 amide bonds. The summed E-state index contributed by atoms with van der Waals surface area (Å²) in [6.07, 6.45) is 0.562. The van der Waals surface area contributed by atoms with Crippen molar-refractivity contribution >= 4 is 5.78 Å². The summed E-state index contributed by atoms with van der Waals surface area (Å²) in [6, 6.07) is 10.5. The minimum Gasteiger partial charge on any atom is -0.379 e. The Morgan fingerprint density at radius 3 is 2.88 bits per heavy atom. The van der Waals surface area contributed by atoms with Gasteiger partial charge in [-0.05, 0) is 5.56 Å². The maximum atomic E-state index is 12.2. The van der Waals surface area contributed by atoms with Crippen LogP contribution in [-0.4, -0.2) is 31.6 Å². The number of hydrogen-bond acceptors (Lipinski definition) is 3. The molecule has 0 bridgehead atoms. The fourth-order valence-electron chi connectivity index (χ4n) is 3.00. The molecule has 0 radical (unpaired) electrons. The van der Waals surface area contributed by atoms with E-state index in [1.807, 2.05) is 18.2 Å². The molecule has 2 saturated heterocycles. The zero-order valence-corrected chi connectivity index (χ0v) is 9.76. The average molecular weight is 231 g/mol. The van der Waals surface area contributed by atoms with Gasteiger partial charge >= 0.3 is 0 Å². The van der Waals surface area contributed by atoms with E-state index in [4.69, 9.17) is 4.74 Å². The summed E-state index contributed by atoms with van der Waals surface area (Å²) >= 11 is 0. The summed E-state index contributed by atoms with van der Waals surface area (Å²) in [7, 11) is 0. The first-order valence-corrected chi connectivity index (χ1v) is 6.25. The van der Waals surface area contributed by atoms with E-state index >= 15 is 0 Å². The molecule has 2 aliphatic heterocycles. The molecule has 3 atom stereocenters. The molecule has 0 aromatic heterocycles. The van der Waals surface area contributed by atoms with Crippen LogP contribution in [-0.2, 0) is 9.53 Å². The molecule has 3 nitrogen and oxygen atoms in total. The van der Waals surface area contributed by atoms with Crippen molar-refractivity contribution < 1.29 is 9.53 Å². The van der Waals surface area contributed by atoms with Gasteiger partial charge in [-0.3, -0.25) is 4.79 Å². The molecule has 0 spiro atoms. The van der Waals surface area contributed by atoms with Crippen molar-refractivity contribution in [1.29, 1.82) is 0 Å². The first kappa shape index (κ1) is 10.9. The molecule has 2 heterocycles. The minimum absolute atomic E-state index is 0.0971. The third-order valence-corrected chi connectivity index (χ3v) is 3.86. The van der Waals surface area contributed by atoms with Gasteiger partial charge in [-0.15, -0.1) is 0 Å². The van der Waals surface area contributed by atoms with Crippen molar-refractivity contribution in [3.63, 3.8) is 0 Å². The van der Waals surface area contributed by atoms with Crippen LogP contribution in [0.5, 0.6) is 0 Å². The van der Waals surface area contributed by atoms with Crippen molar-refractivity contribution in [3.05, 3.63) is 35.9 Å². The lowest BCUT2D eigenvalue weighted by molar-refractivity contribution is -0.123. The van der Waals surface area contributed by atoms with Gasteiger partial charge in [0.1, 0.15) is 5.78 Å². The van der Waals surface area contributed by atoms with E-state index in [1.165, 1.54) is 5.56 Å². The zero-order valence-electron chi connectivity index (χ0n) is 9.76. The molecule has 17 heavy (non-hydrogen) atoms. The molecule has 1 N–H and O–H groups in total. The molecule has 3 rings (SSSR count). The Kier molecular flexibility index (Phi) is 2.95. The van der Waals surface area contributed by atoms with Crippen molar-refractivity contribution in [2.24, 2.45) is 5.92 Å². The summed E-state index contributed by atoms with van der Waals surface area (Å²) in [5.41, 5.74) is 1.27. The monoisotopic (exact) mass is 231 g/mol. The molecular weight excluding hydrogens is 214 g/mol. The second-order valence-electron chi connectivity index (χ2n) is 4.85.